The highest BCUT2D eigenvalue weighted by atomic mass is 15.1. The van der Waals surface area contributed by atoms with Gasteiger partial charge >= 0.3 is 0 Å². The van der Waals surface area contributed by atoms with E-state index in [1.54, 1.807) is 0 Å². The second kappa shape index (κ2) is 18.1. The minimum Gasteiger partial charge on any atom is -0.311 e. The van der Waals surface area contributed by atoms with Gasteiger partial charge in [-0.05, 0) is 134 Å². The molecule has 2 nitrogen and oxygen atoms in total. The van der Waals surface area contributed by atoms with Crippen LogP contribution in [0.1, 0.15) is 0 Å². The first-order valence-corrected chi connectivity index (χ1v) is 22.4. The molecule has 0 radical (unpaired) electrons. The molecule has 11 rings (SSSR count). The number of hydrogen-bond donors (Lipinski definition) is 0. The summed E-state index contributed by atoms with van der Waals surface area (Å²) in [5.41, 5.74) is 18.2. The second-order valence-electron chi connectivity index (χ2n) is 16.4. The molecular weight excluding hydrogens is 797 g/mol. The highest BCUT2D eigenvalue weighted by molar-refractivity contribution is 5.99. The van der Waals surface area contributed by atoms with E-state index in [2.05, 4.69) is 277 Å². The van der Waals surface area contributed by atoms with Crippen molar-refractivity contribution in [3.63, 3.8) is 0 Å². The first kappa shape index (κ1) is 39.9. The van der Waals surface area contributed by atoms with Gasteiger partial charge in [0.2, 0.25) is 0 Å². The number of anilines is 6. The summed E-state index contributed by atoms with van der Waals surface area (Å²) in [5, 5.41) is 2.43. The van der Waals surface area contributed by atoms with Crippen LogP contribution >= 0.6 is 0 Å². The van der Waals surface area contributed by atoms with Crippen molar-refractivity contribution in [2.45, 2.75) is 0 Å². The number of para-hydroxylation sites is 1. The average molecular weight is 841 g/mol. The quantitative estimate of drug-likeness (QED) is 0.128. The first-order valence-electron chi connectivity index (χ1n) is 22.4. The van der Waals surface area contributed by atoms with E-state index in [0.29, 0.717) is 0 Å². The summed E-state index contributed by atoms with van der Waals surface area (Å²) >= 11 is 0. The van der Waals surface area contributed by atoms with Crippen molar-refractivity contribution in [3.8, 4) is 55.6 Å². The molecule has 2 heteroatoms. The third-order valence-corrected chi connectivity index (χ3v) is 12.4. The molecular formula is C64H44N2. The van der Waals surface area contributed by atoms with E-state index in [4.69, 9.17) is 0 Å². The number of hydrogen-bond acceptors (Lipinski definition) is 2. The molecule has 0 aliphatic heterocycles. The van der Waals surface area contributed by atoms with Gasteiger partial charge in [-0.3, -0.25) is 0 Å². The fraction of sp³-hybridized carbons (Fsp3) is 0. The van der Waals surface area contributed by atoms with Gasteiger partial charge < -0.3 is 9.80 Å². The van der Waals surface area contributed by atoms with Gasteiger partial charge in [-0.25, -0.2) is 0 Å². The summed E-state index contributed by atoms with van der Waals surface area (Å²) in [4.78, 5) is 4.69. The fourth-order valence-electron chi connectivity index (χ4n) is 8.92. The van der Waals surface area contributed by atoms with Crippen LogP contribution in [0, 0.1) is 12.1 Å². The van der Waals surface area contributed by atoms with Crippen molar-refractivity contribution in [2.24, 2.45) is 0 Å². The maximum Gasteiger partial charge on any atom is 0.0540 e. The van der Waals surface area contributed by atoms with Gasteiger partial charge in [0, 0.05) is 39.4 Å². The van der Waals surface area contributed by atoms with Crippen LogP contribution < -0.4 is 9.80 Å². The Bertz CT molecular complexity index is 3200. The number of nitrogens with zero attached hydrogens (tertiary/aromatic N) is 2. The molecule has 0 amide bonds. The number of benzene rings is 10. The molecule has 0 aliphatic carbocycles. The molecule has 0 aromatic heterocycles. The predicted molar refractivity (Wildman–Crippen MR) is 278 cm³/mol. The summed E-state index contributed by atoms with van der Waals surface area (Å²) in [6.45, 7) is 0. The summed E-state index contributed by atoms with van der Waals surface area (Å²) in [5.74, 6) is 0. The van der Waals surface area contributed by atoms with E-state index in [1.807, 2.05) is 12.1 Å². The Morgan fingerprint density at radius 1 is 0.242 bits per heavy atom. The standard InChI is InChI=1S/C64H44N2/c1-4-13-47(14-5-1)49-23-27-51(28-24-49)53-31-39-59(40-32-53)65(60-41-33-54(34-42-60)52-29-25-50(26-30-52)48-15-6-2-7-16-48)61-43-35-55(36-44-61)56-37-45-62(46-38-56)66(58-19-8-3-9-20-58)64-22-12-18-57-17-10-11-21-63(57)64/h1-6,8-15,17-46H. The lowest BCUT2D eigenvalue weighted by atomic mass is 9.99. The van der Waals surface area contributed by atoms with Crippen LogP contribution in [0.5, 0.6) is 0 Å². The molecule has 0 aliphatic rings. The Balaban J connectivity index is 0.903. The Kier molecular flexibility index (Phi) is 10.9. The lowest BCUT2D eigenvalue weighted by Gasteiger charge is -2.27. The Hall–Kier alpha value is -8.90. The van der Waals surface area contributed by atoms with E-state index in [0.717, 1.165) is 61.9 Å². The van der Waals surface area contributed by atoms with Crippen LogP contribution in [0.2, 0.25) is 0 Å². The van der Waals surface area contributed by atoms with Gasteiger partial charge in [0.05, 0.1) is 5.69 Å². The van der Waals surface area contributed by atoms with Crippen LogP contribution in [-0.2, 0) is 0 Å². The summed E-state index contributed by atoms with van der Waals surface area (Å²) < 4.78 is 0. The predicted octanol–water partition coefficient (Wildman–Crippen LogP) is 17.7. The largest absolute Gasteiger partial charge is 0.311 e. The lowest BCUT2D eigenvalue weighted by molar-refractivity contribution is 1.28. The maximum atomic E-state index is 3.22. The van der Waals surface area contributed by atoms with Gasteiger partial charge in [-0.2, -0.15) is 0 Å². The molecule has 0 spiro atoms. The molecule has 0 fully saturated rings. The SMILES string of the molecule is c1cccc(-c2ccc(-c3ccc(N(c4ccc(-c5ccc(-c6ccccc6)cc5)cc4)c4ccc(-c5ccc(N(c6ccccc6)c6cccc7ccccc67)cc5)cc4)cc3)cc2)c#1. The van der Waals surface area contributed by atoms with Crippen molar-refractivity contribution in [3.05, 3.63) is 279 Å². The van der Waals surface area contributed by atoms with E-state index < -0.39 is 0 Å². The lowest BCUT2D eigenvalue weighted by Crippen LogP contribution is -2.10. The maximum absolute atomic E-state index is 3.22. The third kappa shape index (κ3) is 8.22. The molecule has 11 aromatic rings. The normalized spacial score (nSPS) is 10.9. The van der Waals surface area contributed by atoms with Crippen LogP contribution in [0.3, 0.4) is 0 Å². The monoisotopic (exact) mass is 840 g/mol. The van der Waals surface area contributed by atoms with Crippen LogP contribution in [0.15, 0.2) is 267 Å². The van der Waals surface area contributed by atoms with Crippen molar-refractivity contribution < 1.29 is 0 Å². The Morgan fingerprint density at radius 2 is 0.606 bits per heavy atom. The molecule has 0 saturated heterocycles. The second-order valence-corrected chi connectivity index (χ2v) is 16.4. The van der Waals surface area contributed by atoms with Crippen LogP contribution in [0.25, 0.3) is 66.4 Å². The summed E-state index contributed by atoms with van der Waals surface area (Å²) in [7, 11) is 0. The molecule has 0 saturated carbocycles. The average Bonchev–Trinajstić information content (AvgIpc) is 3.41. The van der Waals surface area contributed by atoms with Crippen molar-refractivity contribution in [1.82, 2.24) is 0 Å². The smallest absolute Gasteiger partial charge is 0.0540 e. The zero-order valence-electron chi connectivity index (χ0n) is 36.3. The molecule has 0 atom stereocenters. The minimum absolute atomic E-state index is 1.04. The molecule has 310 valence electrons. The zero-order valence-corrected chi connectivity index (χ0v) is 36.3. The van der Waals surface area contributed by atoms with E-state index in [1.165, 1.54) is 38.6 Å². The summed E-state index contributed by atoms with van der Waals surface area (Å²) in [6.07, 6.45) is 0. The number of rotatable bonds is 11. The van der Waals surface area contributed by atoms with E-state index >= 15 is 0 Å². The number of fused-ring (bicyclic) bond motifs is 1. The van der Waals surface area contributed by atoms with Gasteiger partial charge in [0.15, 0.2) is 0 Å². The van der Waals surface area contributed by atoms with Gasteiger partial charge in [0.25, 0.3) is 0 Å². The molecule has 0 heterocycles. The highest BCUT2D eigenvalue weighted by Crippen LogP contribution is 2.41. The van der Waals surface area contributed by atoms with Crippen molar-refractivity contribution >= 4 is 44.9 Å². The fourth-order valence-corrected chi connectivity index (χ4v) is 8.92. The minimum atomic E-state index is 1.04. The van der Waals surface area contributed by atoms with Gasteiger partial charge in [0.1, 0.15) is 0 Å². The Labute approximate surface area is 387 Å². The zero-order chi connectivity index (χ0) is 44.1. The summed E-state index contributed by atoms with van der Waals surface area (Å²) in [6, 6.07) is 102. The molecule has 0 unspecified atom stereocenters. The topological polar surface area (TPSA) is 6.48 Å². The van der Waals surface area contributed by atoms with E-state index in [-0.39, 0.29) is 0 Å². The van der Waals surface area contributed by atoms with Crippen molar-refractivity contribution in [2.75, 3.05) is 9.80 Å². The van der Waals surface area contributed by atoms with Crippen LogP contribution in [-0.4, -0.2) is 0 Å². The molecule has 11 aromatic carbocycles. The highest BCUT2D eigenvalue weighted by Gasteiger charge is 2.17. The third-order valence-electron chi connectivity index (χ3n) is 12.4. The van der Waals surface area contributed by atoms with Crippen molar-refractivity contribution in [1.29, 1.82) is 0 Å². The van der Waals surface area contributed by atoms with Gasteiger partial charge in [-0.15, -0.1) is 0 Å². The molecule has 66 heavy (non-hydrogen) atoms. The van der Waals surface area contributed by atoms with Crippen LogP contribution in [0.4, 0.5) is 34.1 Å². The first-order chi connectivity index (χ1) is 32.7. The van der Waals surface area contributed by atoms with Gasteiger partial charge in [-0.1, -0.05) is 200 Å². The molecule has 0 N–H and O–H groups in total. The molecule has 0 bridgehead atoms. The Morgan fingerprint density at radius 3 is 1.08 bits per heavy atom. The van der Waals surface area contributed by atoms with E-state index in [9.17, 15) is 0 Å².